The van der Waals surface area contributed by atoms with Crippen LogP contribution in [0.2, 0.25) is 0 Å². The summed E-state index contributed by atoms with van der Waals surface area (Å²) in [7, 11) is 0. The van der Waals surface area contributed by atoms with E-state index in [4.69, 9.17) is 10.8 Å². The van der Waals surface area contributed by atoms with Crippen LogP contribution in [0.5, 0.6) is 0 Å². The van der Waals surface area contributed by atoms with Crippen molar-refractivity contribution in [1.82, 2.24) is 4.57 Å². The average Bonchev–Trinajstić information content (AvgIpc) is 3.58. The Kier molecular flexibility index (Phi) is 8.45. The minimum absolute atomic E-state index is 0.796. The summed E-state index contributed by atoms with van der Waals surface area (Å²) in [6.07, 6.45) is 6.76. The van der Waals surface area contributed by atoms with Gasteiger partial charge in [-0.2, -0.15) is 0 Å². The molecule has 260 valence electrons. The molecule has 3 nitrogen and oxygen atoms in total. The number of fused-ring (bicyclic) bond motifs is 4. The van der Waals surface area contributed by atoms with Gasteiger partial charge in [0.1, 0.15) is 0 Å². The molecule has 8 aromatic carbocycles. The van der Waals surface area contributed by atoms with Crippen LogP contribution in [0.25, 0.3) is 88.4 Å². The van der Waals surface area contributed by atoms with E-state index in [0.717, 1.165) is 82.8 Å². The van der Waals surface area contributed by atoms with Crippen molar-refractivity contribution in [2.45, 2.75) is 0 Å². The summed E-state index contributed by atoms with van der Waals surface area (Å²) in [6, 6.07) is 57.3. The Morgan fingerprint density at radius 1 is 0.564 bits per heavy atom. The summed E-state index contributed by atoms with van der Waals surface area (Å²) < 4.78 is 2.12. The van der Waals surface area contributed by atoms with E-state index in [1.165, 1.54) is 34.3 Å². The third-order valence-electron chi connectivity index (χ3n) is 10.7. The lowest BCUT2D eigenvalue weighted by molar-refractivity contribution is 1.11. The van der Waals surface area contributed by atoms with Crippen molar-refractivity contribution in [3.05, 3.63) is 205 Å². The molecule has 9 aromatic rings. The Bertz CT molecular complexity index is 2990. The zero-order chi connectivity index (χ0) is 37.5. The molecule has 3 heteroatoms. The molecule has 2 N–H and O–H groups in total. The molecule has 0 atom stereocenters. The Hall–Kier alpha value is -7.36. The van der Waals surface area contributed by atoms with E-state index in [1.54, 1.807) is 0 Å². The number of nitrogens with zero attached hydrogens (tertiary/aromatic N) is 1. The number of hydrogen-bond donors (Lipinski definition) is 2. The third kappa shape index (κ3) is 5.62. The molecule has 0 saturated carbocycles. The lowest BCUT2D eigenvalue weighted by atomic mass is 9.84. The summed E-state index contributed by atoms with van der Waals surface area (Å²) in [4.78, 5) is 0. The first-order valence-electron chi connectivity index (χ1n) is 18.4. The van der Waals surface area contributed by atoms with Gasteiger partial charge in [-0.3, -0.25) is 0 Å². The number of hydrogen-bond acceptors (Lipinski definition) is 2. The van der Waals surface area contributed by atoms with Crippen LogP contribution in [0.15, 0.2) is 183 Å². The average molecular weight is 704 g/mol. The SMILES string of the molecule is C=Cc1c(C=N)n(-c2ccccc2)c2ccc(-c3cccc(C(=C)/C=C(\C=N)c4c5ccccc5c(-c5cccc6ccccc56)c5ccccc45)c3)cc12. The smallest absolute Gasteiger partial charge is 0.0716 e. The number of benzene rings is 8. The monoisotopic (exact) mass is 703 g/mol. The van der Waals surface area contributed by atoms with Gasteiger partial charge in [0, 0.05) is 34.6 Å². The molecular weight excluding hydrogens is 667 g/mol. The van der Waals surface area contributed by atoms with E-state index in [2.05, 4.69) is 163 Å². The van der Waals surface area contributed by atoms with Crippen LogP contribution >= 0.6 is 0 Å². The number of allylic oxidation sites excluding steroid dienone is 3. The molecule has 0 unspecified atom stereocenters. The van der Waals surface area contributed by atoms with E-state index in [0.29, 0.717) is 0 Å². The number of rotatable bonds is 9. The van der Waals surface area contributed by atoms with Gasteiger partial charge in [-0.15, -0.1) is 0 Å². The molecule has 0 aliphatic rings. The van der Waals surface area contributed by atoms with Gasteiger partial charge in [0.15, 0.2) is 0 Å². The molecule has 9 rings (SSSR count). The highest BCUT2D eigenvalue weighted by molar-refractivity contribution is 6.27. The van der Waals surface area contributed by atoms with Crippen LogP contribution in [-0.4, -0.2) is 17.0 Å². The maximum Gasteiger partial charge on any atom is 0.0716 e. The molecule has 0 aliphatic carbocycles. The maximum absolute atomic E-state index is 8.76. The quantitative estimate of drug-likeness (QED) is 0.0854. The van der Waals surface area contributed by atoms with Gasteiger partial charge < -0.3 is 15.4 Å². The molecule has 0 spiro atoms. The van der Waals surface area contributed by atoms with Gasteiger partial charge in [0.25, 0.3) is 0 Å². The minimum atomic E-state index is 0.796. The molecule has 0 aliphatic heterocycles. The first-order valence-corrected chi connectivity index (χ1v) is 18.4. The van der Waals surface area contributed by atoms with Crippen LogP contribution in [0.3, 0.4) is 0 Å². The summed E-state index contributed by atoms with van der Waals surface area (Å²) in [5.74, 6) is 0. The van der Waals surface area contributed by atoms with E-state index in [1.807, 2.05) is 30.4 Å². The topological polar surface area (TPSA) is 52.6 Å². The van der Waals surface area contributed by atoms with Crippen LogP contribution in [-0.2, 0) is 0 Å². The highest BCUT2D eigenvalue weighted by atomic mass is 15.0. The summed E-state index contributed by atoms with van der Waals surface area (Å²) in [5, 5.41) is 25.0. The van der Waals surface area contributed by atoms with Crippen LogP contribution in [0, 0.1) is 10.8 Å². The Labute approximate surface area is 320 Å². The van der Waals surface area contributed by atoms with Crippen LogP contribution < -0.4 is 0 Å². The van der Waals surface area contributed by atoms with Gasteiger partial charge >= 0.3 is 0 Å². The largest absolute Gasteiger partial charge is 0.308 e. The van der Waals surface area contributed by atoms with Crippen molar-refractivity contribution >= 4 is 72.9 Å². The van der Waals surface area contributed by atoms with Gasteiger partial charge in [0.05, 0.1) is 11.2 Å². The minimum Gasteiger partial charge on any atom is -0.308 e. The highest BCUT2D eigenvalue weighted by Crippen LogP contribution is 2.44. The fourth-order valence-corrected chi connectivity index (χ4v) is 8.26. The van der Waals surface area contributed by atoms with Crippen molar-refractivity contribution in [3.8, 4) is 27.9 Å². The molecular formula is C52H37N3. The van der Waals surface area contributed by atoms with Crippen LogP contribution in [0.1, 0.15) is 22.4 Å². The van der Waals surface area contributed by atoms with Crippen molar-refractivity contribution in [2.24, 2.45) is 0 Å². The predicted octanol–water partition coefficient (Wildman–Crippen LogP) is 13.8. The molecule has 0 bridgehead atoms. The standard InChI is InChI=1S/C52H37N3/c1-3-41-48-31-38(27-28-49(48)55(50(41)33-54)40-19-5-4-6-20-40)37-18-13-17-36(30-37)34(2)29-39(32-53)51-44-22-9-11-24-46(44)52(47-25-12-10-23-45(47)51)43-26-14-16-35-15-7-8-21-42(35)43/h3-33,53-54H,1-2H2/b39-29+,53-32?,54-33?. The molecule has 55 heavy (non-hydrogen) atoms. The van der Waals surface area contributed by atoms with Crippen molar-refractivity contribution < 1.29 is 0 Å². The zero-order valence-corrected chi connectivity index (χ0v) is 30.3. The Morgan fingerprint density at radius 3 is 1.87 bits per heavy atom. The lowest BCUT2D eigenvalue weighted by Crippen LogP contribution is -1.99. The van der Waals surface area contributed by atoms with E-state index in [-0.39, 0.29) is 0 Å². The molecule has 0 saturated heterocycles. The van der Waals surface area contributed by atoms with Crippen molar-refractivity contribution in [2.75, 3.05) is 0 Å². The Balaban J connectivity index is 1.16. The second-order valence-corrected chi connectivity index (χ2v) is 13.8. The summed E-state index contributed by atoms with van der Waals surface area (Å²) in [6.45, 7) is 8.66. The van der Waals surface area contributed by atoms with E-state index >= 15 is 0 Å². The molecule has 0 amide bonds. The fraction of sp³-hybridized carbons (Fsp3) is 0. The third-order valence-corrected chi connectivity index (χ3v) is 10.7. The Morgan fingerprint density at radius 2 is 1.18 bits per heavy atom. The van der Waals surface area contributed by atoms with Crippen molar-refractivity contribution in [1.29, 1.82) is 10.8 Å². The molecule has 1 aromatic heterocycles. The van der Waals surface area contributed by atoms with Gasteiger partial charge in [-0.05, 0) is 108 Å². The van der Waals surface area contributed by atoms with E-state index in [9.17, 15) is 0 Å². The second kappa shape index (κ2) is 13.9. The number of nitrogens with one attached hydrogen (secondary N) is 2. The molecule has 0 radical (unpaired) electrons. The zero-order valence-electron chi connectivity index (χ0n) is 30.3. The van der Waals surface area contributed by atoms with Gasteiger partial charge in [-0.25, -0.2) is 0 Å². The van der Waals surface area contributed by atoms with E-state index < -0.39 is 0 Å². The molecule has 1 heterocycles. The van der Waals surface area contributed by atoms with Gasteiger partial charge in [0.2, 0.25) is 0 Å². The normalized spacial score (nSPS) is 11.7. The van der Waals surface area contributed by atoms with Gasteiger partial charge in [-0.1, -0.05) is 153 Å². The van der Waals surface area contributed by atoms with Crippen LogP contribution in [0.4, 0.5) is 0 Å². The number of aromatic nitrogens is 1. The highest BCUT2D eigenvalue weighted by Gasteiger charge is 2.19. The second-order valence-electron chi connectivity index (χ2n) is 13.8. The molecule has 0 fully saturated rings. The first kappa shape index (κ1) is 33.5. The maximum atomic E-state index is 8.76. The lowest BCUT2D eigenvalue weighted by Gasteiger charge is -2.19. The predicted molar refractivity (Wildman–Crippen MR) is 237 cm³/mol. The fourth-order valence-electron chi connectivity index (χ4n) is 8.26. The number of para-hydroxylation sites is 1. The van der Waals surface area contributed by atoms with Crippen molar-refractivity contribution in [3.63, 3.8) is 0 Å². The first-order chi connectivity index (χ1) is 27.1. The summed E-state index contributed by atoms with van der Waals surface area (Å²) in [5.41, 5.74) is 11.9. The summed E-state index contributed by atoms with van der Waals surface area (Å²) >= 11 is 0.